The van der Waals surface area contributed by atoms with Crippen LogP contribution >= 0.6 is 22.7 Å². The zero-order valence-electron chi connectivity index (χ0n) is 18.1. The molecule has 33 heavy (non-hydrogen) atoms. The minimum Gasteiger partial charge on any atom is -0.465 e. The Morgan fingerprint density at radius 1 is 1.21 bits per heavy atom. The van der Waals surface area contributed by atoms with Gasteiger partial charge in [-0.15, -0.1) is 22.7 Å². The van der Waals surface area contributed by atoms with Gasteiger partial charge in [-0.05, 0) is 36.4 Å². The molecule has 4 aromatic rings. The van der Waals surface area contributed by atoms with Crippen LogP contribution < -0.4 is 5.32 Å². The molecule has 0 aliphatic rings. The summed E-state index contributed by atoms with van der Waals surface area (Å²) >= 11 is 2.51. The third kappa shape index (κ3) is 4.24. The first-order valence-corrected chi connectivity index (χ1v) is 11.7. The fourth-order valence-corrected chi connectivity index (χ4v) is 5.08. The Kier molecular flexibility index (Phi) is 6.52. The topological polar surface area (TPSA) is 112 Å². The lowest BCUT2D eigenvalue weighted by molar-refractivity contribution is 0.0506. The number of hydrogen-bond donors (Lipinski definition) is 1. The molecule has 0 saturated heterocycles. The Balaban J connectivity index is 1.71. The molecule has 0 aliphatic carbocycles. The molecule has 0 aromatic carbocycles. The zero-order chi connectivity index (χ0) is 23.5. The molecule has 1 N–H and O–H groups in total. The lowest BCUT2D eigenvalue weighted by atomic mass is 10.1. The molecule has 0 spiro atoms. The Morgan fingerprint density at radius 2 is 2.03 bits per heavy atom. The average molecular weight is 485 g/mol. The number of methoxy groups -OCH3 is 1. The second-order valence-corrected chi connectivity index (χ2v) is 8.91. The van der Waals surface area contributed by atoms with Gasteiger partial charge in [-0.3, -0.25) is 4.79 Å². The molecule has 0 saturated carbocycles. The number of rotatable bonds is 7. The summed E-state index contributed by atoms with van der Waals surface area (Å²) in [6.07, 6.45) is 3.67. The molecular weight excluding hydrogens is 464 g/mol. The average Bonchev–Trinajstić information content (AvgIpc) is 3.55. The van der Waals surface area contributed by atoms with Gasteiger partial charge in [0.15, 0.2) is 5.65 Å². The van der Waals surface area contributed by atoms with E-state index in [4.69, 9.17) is 9.47 Å². The molecule has 0 fully saturated rings. The lowest BCUT2D eigenvalue weighted by Crippen LogP contribution is -2.15. The van der Waals surface area contributed by atoms with Crippen LogP contribution in [-0.4, -0.2) is 46.2 Å². The van der Waals surface area contributed by atoms with Crippen LogP contribution in [0.15, 0.2) is 36.0 Å². The monoisotopic (exact) mass is 484 g/mol. The van der Waals surface area contributed by atoms with Crippen molar-refractivity contribution in [2.24, 2.45) is 0 Å². The van der Waals surface area contributed by atoms with Gasteiger partial charge in [0.2, 0.25) is 0 Å². The third-order valence-electron chi connectivity index (χ3n) is 4.81. The van der Waals surface area contributed by atoms with Crippen LogP contribution in [0.2, 0.25) is 0 Å². The van der Waals surface area contributed by atoms with Crippen molar-refractivity contribution in [2.45, 2.75) is 20.3 Å². The van der Waals surface area contributed by atoms with Crippen LogP contribution in [-0.2, 0) is 9.47 Å². The van der Waals surface area contributed by atoms with E-state index in [1.54, 1.807) is 29.0 Å². The first kappa shape index (κ1) is 22.6. The SMILES string of the molecule is CCCOC(=O)c1c(NC(=O)c2cnn3c(-c4cccs4)ccnc23)sc(C(=O)OC)c1C. The molecule has 1 amide bonds. The fraction of sp³-hybridized carbons (Fsp3) is 0.227. The highest BCUT2D eigenvalue weighted by Gasteiger charge is 2.28. The number of fused-ring (bicyclic) bond motifs is 1. The van der Waals surface area contributed by atoms with E-state index in [-0.39, 0.29) is 27.6 Å². The van der Waals surface area contributed by atoms with Crippen LogP contribution in [0.4, 0.5) is 5.00 Å². The van der Waals surface area contributed by atoms with Crippen LogP contribution in [0.1, 0.15) is 49.3 Å². The molecule has 4 heterocycles. The Hall–Kier alpha value is -3.57. The maximum absolute atomic E-state index is 13.2. The van der Waals surface area contributed by atoms with Crippen molar-refractivity contribution in [3.63, 3.8) is 0 Å². The molecule has 0 radical (unpaired) electrons. The van der Waals surface area contributed by atoms with Gasteiger partial charge in [0.05, 0.1) is 36.0 Å². The van der Waals surface area contributed by atoms with Gasteiger partial charge < -0.3 is 14.8 Å². The first-order chi connectivity index (χ1) is 16.0. The number of amides is 1. The normalized spacial score (nSPS) is 10.9. The van der Waals surface area contributed by atoms with Crippen molar-refractivity contribution < 1.29 is 23.9 Å². The minimum atomic E-state index is -0.617. The van der Waals surface area contributed by atoms with Gasteiger partial charge in [0.25, 0.3) is 5.91 Å². The second kappa shape index (κ2) is 9.51. The van der Waals surface area contributed by atoms with Gasteiger partial charge in [0, 0.05) is 6.20 Å². The van der Waals surface area contributed by atoms with Crippen LogP contribution in [0.3, 0.4) is 0 Å². The van der Waals surface area contributed by atoms with Crippen molar-refractivity contribution in [1.82, 2.24) is 14.6 Å². The summed E-state index contributed by atoms with van der Waals surface area (Å²) in [5.41, 5.74) is 1.92. The van der Waals surface area contributed by atoms with E-state index in [0.717, 1.165) is 21.9 Å². The molecule has 170 valence electrons. The third-order valence-corrected chi connectivity index (χ3v) is 6.89. The first-order valence-electron chi connectivity index (χ1n) is 10.0. The Morgan fingerprint density at radius 3 is 2.73 bits per heavy atom. The summed E-state index contributed by atoms with van der Waals surface area (Å²) in [5, 5.41) is 9.23. The summed E-state index contributed by atoms with van der Waals surface area (Å²) in [4.78, 5) is 43.5. The van der Waals surface area contributed by atoms with Crippen molar-refractivity contribution in [3.8, 4) is 10.6 Å². The summed E-state index contributed by atoms with van der Waals surface area (Å²) < 4.78 is 11.7. The van der Waals surface area contributed by atoms with Gasteiger partial charge in [-0.1, -0.05) is 13.0 Å². The highest BCUT2D eigenvalue weighted by molar-refractivity contribution is 7.18. The molecular formula is C22H20N4O5S2. The predicted octanol–water partition coefficient (Wildman–Crippen LogP) is 4.43. The largest absolute Gasteiger partial charge is 0.465 e. The summed E-state index contributed by atoms with van der Waals surface area (Å²) in [7, 11) is 1.25. The quantitative estimate of drug-likeness (QED) is 0.386. The van der Waals surface area contributed by atoms with Crippen LogP contribution in [0.5, 0.6) is 0 Å². The van der Waals surface area contributed by atoms with E-state index >= 15 is 0 Å². The van der Waals surface area contributed by atoms with E-state index in [9.17, 15) is 14.4 Å². The number of nitrogens with one attached hydrogen (secondary N) is 1. The van der Waals surface area contributed by atoms with Crippen molar-refractivity contribution in [3.05, 3.63) is 57.5 Å². The summed E-state index contributed by atoms with van der Waals surface area (Å²) in [6, 6.07) is 5.71. The standard InChI is InChI=1S/C22H20N4O5S2/c1-4-9-31-21(28)16-12(2)17(22(29)30-3)33-20(16)25-19(27)13-11-24-26-14(7-8-23-18(13)26)15-6-5-10-32-15/h5-8,10-11H,4,9H2,1-3H3,(H,25,27). The van der Waals surface area contributed by atoms with Crippen LogP contribution in [0.25, 0.3) is 16.2 Å². The molecule has 0 atom stereocenters. The molecule has 4 aromatic heterocycles. The molecule has 0 unspecified atom stereocenters. The number of thiophene rings is 2. The maximum Gasteiger partial charge on any atom is 0.348 e. The van der Waals surface area contributed by atoms with E-state index in [1.807, 2.05) is 30.5 Å². The lowest BCUT2D eigenvalue weighted by Gasteiger charge is -2.07. The number of carbonyl (C=O) groups excluding carboxylic acids is 3. The number of ether oxygens (including phenoxy) is 2. The van der Waals surface area contributed by atoms with E-state index in [2.05, 4.69) is 15.4 Å². The molecule has 0 aliphatic heterocycles. The second-order valence-electron chi connectivity index (χ2n) is 6.94. The smallest absolute Gasteiger partial charge is 0.348 e. The van der Waals surface area contributed by atoms with Gasteiger partial charge in [-0.25, -0.2) is 19.1 Å². The number of carbonyl (C=O) groups is 3. The number of nitrogens with zero attached hydrogens (tertiary/aromatic N) is 3. The molecule has 4 rings (SSSR count). The number of anilines is 1. The van der Waals surface area contributed by atoms with Crippen molar-refractivity contribution in [1.29, 1.82) is 0 Å². The highest BCUT2D eigenvalue weighted by Crippen LogP contribution is 2.35. The van der Waals surface area contributed by atoms with E-state index in [0.29, 0.717) is 17.6 Å². The fourth-order valence-electron chi connectivity index (χ4n) is 3.23. The predicted molar refractivity (Wildman–Crippen MR) is 125 cm³/mol. The molecule has 11 heteroatoms. The van der Waals surface area contributed by atoms with E-state index in [1.165, 1.54) is 13.3 Å². The maximum atomic E-state index is 13.2. The zero-order valence-corrected chi connectivity index (χ0v) is 19.7. The summed E-state index contributed by atoms with van der Waals surface area (Å²) in [5.74, 6) is -1.72. The Labute approximate surface area is 197 Å². The summed E-state index contributed by atoms with van der Waals surface area (Å²) in [6.45, 7) is 3.71. The highest BCUT2D eigenvalue weighted by atomic mass is 32.1. The molecule has 9 nitrogen and oxygen atoms in total. The number of hydrogen-bond acceptors (Lipinski definition) is 9. The Bertz CT molecular complexity index is 1340. The van der Waals surface area contributed by atoms with Crippen LogP contribution in [0, 0.1) is 6.92 Å². The molecule has 0 bridgehead atoms. The van der Waals surface area contributed by atoms with Crippen molar-refractivity contribution >= 4 is 51.2 Å². The van der Waals surface area contributed by atoms with Gasteiger partial charge in [0.1, 0.15) is 15.4 Å². The van der Waals surface area contributed by atoms with E-state index < -0.39 is 17.8 Å². The van der Waals surface area contributed by atoms with Gasteiger partial charge >= 0.3 is 11.9 Å². The number of aromatic nitrogens is 3. The van der Waals surface area contributed by atoms with Gasteiger partial charge in [-0.2, -0.15) is 5.10 Å². The minimum absolute atomic E-state index is 0.130. The number of esters is 2. The van der Waals surface area contributed by atoms with Crippen molar-refractivity contribution in [2.75, 3.05) is 19.0 Å².